The van der Waals surface area contributed by atoms with E-state index >= 15 is 0 Å². The smallest absolute Gasteiger partial charge is 0.101 e. The number of aliphatic imine (C=N–C) groups is 1. The van der Waals surface area contributed by atoms with Crippen molar-refractivity contribution in [2.45, 2.75) is 32.4 Å². The molecule has 4 N–H and O–H groups in total. The van der Waals surface area contributed by atoms with Crippen molar-refractivity contribution in [3.05, 3.63) is 35.8 Å². The van der Waals surface area contributed by atoms with Crippen LogP contribution in [-0.2, 0) is 11.3 Å². The maximum Gasteiger partial charge on any atom is 0.101 e. The molecule has 0 bridgehead atoms. The average Bonchev–Trinajstić information content (AvgIpc) is 2.57. The molecule has 130 valence electrons. The molecule has 1 unspecified atom stereocenters. The number of nitrogens with two attached hydrogens (primary N) is 2. The van der Waals surface area contributed by atoms with Crippen molar-refractivity contribution < 1.29 is 4.74 Å². The molecule has 0 radical (unpaired) electrons. The van der Waals surface area contributed by atoms with E-state index in [1.165, 1.54) is 5.56 Å². The van der Waals surface area contributed by atoms with Crippen LogP contribution in [0.5, 0.6) is 0 Å². The molecule has 2 aliphatic heterocycles. The fourth-order valence-corrected chi connectivity index (χ4v) is 3.22. The van der Waals surface area contributed by atoms with Gasteiger partial charge in [0.1, 0.15) is 5.84 Å². The first kappa shape index (κ1) is 17.1. The van der Waals surface area contributed by atoms with E-state index in [0.717, 1.165) is 44.1 Å². The standard InChI is InChI=1S/C18H27N5O/c1-13(2)18(20)9-17(19)22-11-15(18)16-4-3-14(10-21-16)12-23-5-7-24-8-6-23/h3-4,10-11,13H,5-9,12,20H2,1-2H3,(H2,19,22). The van der Waals surface area contributed by atoms with E-state index in [-0.39, 0.29) is 5.92 Å². The van der Waals surface area contributed by atoms with E-state index < -0.39 is 5.54 Å². The van der Waals surface area contributed by atoms with Crippen molar-refractivity contribution in [2.24, 2.45) is 22.4 Å². The third-order valence-corrected chi connectivity index (χ3v) is 4.98. The maximum absolute atomic E-state index is 6.66. The van der Waals surface area contributed by atoms with E-state index in [4.69, 9.17) is 16.2 Å². The first-order chi connectivity index (χ1) is 11.5. The Balaban J connectivity index is 1.79. The minimum absolute atomic E-state index is 0.243. The molecule has 1 aromatic rings. The van der Waals surface area contributed by atoms with Gasteiger partial charge in [0.25, 0.3) is 0 Å². The Morgan fingerprint density at radius 3 is 2.67 bits per heavy atom. The Morgan fingerprint density at radius 2 is 2.04 bits per heavy atom. The highest BCUT2D eigenvalue weighted by molar-refractivity contribution is 5.90. The summed E-state index contributed by atoms with van der Waals surface area (Å²) in [6, 6.07) is 4.17. The van der Waals surface area contributed by atoms with Gasteiger partial charge in [-0.2, -0.15) is 0 Å². The summed E-state index contributed by atoms with van der Waals surface area (Å²) in [5.41, 5.74) is 15.1. The van der Waals surface area contributed by atoms with Gasteiger partial charge in [0.15, 0.2) is 0 Å². The van der Waals surface area contributed by atoms with Gasteiger partial charge in [-0.15, -0.1) is 0 Å². The van der Waals surface area contributed by atoms with Crippen molar-refractivity contribution in [2.75, 3.05) is 26.3 Å². The third kappa shape index (κ3) is 3.50. The number of morpholine rings is 1. The predicted octanol–water partition coefficient (Wildman–Crippen LogP) is 1.37. The number of pyridine rings is 1. The molecule has 1 aromatic heterocycles. The molecule has 2 aliphatic rings. The number of nitrogens with zero attached hydrogens (tertiary/aromatic N) is 3. The van der Waals surface area contributed by atoms with E-state index in [0.29, 0.717) is 12.3 Å². The lowest BCUT2D eigenvalue weighted by molar-refractivity contribution is 0.0341. The zero-order valence-corrected chi connectivity index (χ0v) is 14.5. The van der Waals surface area contributed by atoms with Gasteiger partial charge in [-0.1, -0.05) is 19.9 Å². The van der Waals surface area contributed by atoms with Crippen LogP contribution in [-0.4, -0.2) is 47.6 Å². The second-order valence-electron chi connectivity index (χ2n) is 6.98. The molecule has 6 nitrogen and oxygen atoms in total. The van der Waals surface area contributed by atoms with Crippen LogP contribution < -0.4 is 11.5 Å². The van der Waals surface area contributed by atoms with Crippen molar-refractivity contribution >= 4 is 11.4 Å². The predicted molar refractivity (Wildman–Crippen MR) is 96.3 cm³/mol. The summed E-state index contributed by atoms with van der Waals surface area (Å²) < 4.78 is 5.39. The van der Waals surface area contributed by atoms with Crippen molar-refractivity contribution in [3.63, 3.8) is 0 Å². The monoisotopic (exact) mass is 329 g/mol. The van der Waals surface area contributed by atoms with E-state index in [2.05, 4.69) is 34.8 Å². The first-order valence-electron chi connectivity index (χ1n) is 8.56. The Kier molecular flexibility index (Phi) is 4.99. The van der Waals surface area contributed by atoms with Gasteiger partial charge in [0.2, 0.25) is 0 Å². The number of hydrogen-bond donors (Lipinski definition) is 2. The summed E-state index contributed by atoms with van der Waals surface area (Å²) in [6.45, 7) is 8.68. The molecule has 6 heteroatoms. The van der Waals surface area contributed by atoms with Crippen LogP contribution in [0.4, 0.5) is 0 Å². The first-order valence-corrected chi connectivity index (χ1v) is 8.56. The van der Waals surface area contributed by atoms with Gasteiger partial charge >= 0.3 is 0 Å². The SMILES string of the molecule is CC(C)C1(N)CC(N)=NC=C1c1ccc(CN2CCOCC2)cn1. The number of amidine groups is 1. The Morgan fingerprint density at radius 1 is 1.29 bits per heavy atom. The fourth-order valence-electron chi connectivity index (χ4n) is 3.22. The van der Waals surface area contributed by atoms with Crippen LogP contribution in [0.1, 0.15) is 31.5 Å². The van der Waals surface area contributed by atoms with Crippen molar-refractivity contribution in [1.82, 2.24) is 9.88 Å². The molecule has 3 heterocycles. The number of aromatic nitrogens is 1. The lowest BCUT2D eigenvalue weighted by atomic mass is 9.75. The van der Waals surface area contributed by atoms with Gasteiger partial charge in [-0.25, -0.2) is 4.99 Å². The molecule has 1 atom stereocenters. The van der Waals surface area contributed by atoms with Crippen LogP contribution in [0, 0.1) is 5.92 Å². The van der Waals surface area contributed by atoms with Crippen LogP contribution in [0.15, 0.2) is 29.5 Å². The summed E-state index contributed by atoms with van der Waals surface area (Å²) >= 11 is 0. The van der Waals surface area contributed by atoms with Crippen molar-refractivity contribution in [1.29, 1.82) is 0 Å². The lowest BCUT2D eigenvalue weighted by Crippen LogP contribution is -2.50. The largest absolute Gasteiger partial charge is 0.387 e. The highest BCUT2D eigenvalue weighted by Gasteiger charge is 2.37. The molecule has 0 saturated carbocycles. The fraction of sp³-hybridized carbons (Fsp3) is 0.556. The zero-order chi connectivity index (χ0) is 17.2. The Bertz CT molecular complexity index is 631. The van der Waals surface area contributed by atoms with Gasteiger partial charge in [0.05, 0.1) is 24.4 Å². The highest BCUT2D eigenvalue weighted by atomic mass is 16.5. The molecule has 1 fully saturated rings. The molecule has 0 amide bonds. The van der Waals surface area contributed by atoms with Crippen molar-refractivity contribution in [3.8, 4) is 0 Å². The molecule has 3 rings (SSSR count). The lowest BCUT2D eigenvalue weighted by Gasteiger charge is -2.37. The van der Waals surface area contributed by atoms with E-state index in [1.807, 2.05) is 12.3 Å². The maximum atomic E-state index is 6.66. The average molecular weight is 329 g/mol. The van der Waals surface area contributed by atoms with Crippen LogP contribution in [0.25, 0.3) is 5.57 Å². The number of hydrogen-bond acceptors (Lipinski definition) is 6. The van der Waals surface area contributed by atoms with E-state index in [1.54, 1.807) is 6.20 Å². The normalized spacial score (nSPS) is 25.5. The number of ether oxygens (including phenoxy) is 1. The second-order valence-corrected chi connectivity index (χ2v) is 6.98. The summed E-state index contributed by atoms with van der Waals surface area (Å²) in [5, 5.41) is 0. The molecular formula is C18H27N5O. The minimum Gasteiger partial charge on any atom is -0.387 e. The Hall–Kier alpha value is -1.76. The molecule has 0 aromatic carbocycles. The molecule has 0 aliphatic carbocycles. The summed E-state index contributed by atoms with van der Waals surface area (Å²) in [4.78, 5) is 11.3. The zero-order valence-electron chi connectivity index (χ0n) is 14.5. The molecule has 24 heavy (non-hydrogen) atoms. The summed E-state index contributed by atoms with van der Waals surface area (Å²) in [5.74, 6) is 0.825. The molecular weight excluding hydrogens is 302 g/mol. The van der Waals surface area contributed by atoms with Gasteiger partial charge < -0.3 is 16.2 Å². The van der Waals surface area contributed by atoms with Gasteiger partial charge in [-0.05, 0) is 17.5 Å². The van der Waals surface area contributed by atoms with Crippen LogP contribution >= 0.6 is 0 Å². The number of rotatable bonds is 4. The minimum atomic E-state index is -0.523. The topological polar surface area (TPSA) is 89.8 Å². The highest BCUT2D eigenvalue weighted by Crippen LogP contribution is 2.35. The van der Waals surface area contributed by atoms with Gasteiger partial charge in [-0.3, -0.25) is 9.88 Å². The summed E-state index contributed by atoms with van der Waals surface area (Å²) in [6.07, 6.45) is 4.28. The second kappa shape index (κ2) is 7.01. The quantitative estimate of drug-likeness (QED) is 0.871. The van der Waals surface area contributed by atoms with Crippen LogP contribution in [0.2, 0.25) is 0 Å². The van der Waals surface area contributed by atoms with Gasteiger partial charge in [0, 0.05) is 44.0 Å². The molecule has 1 saturated heterocycles. The molecule has 0 spiro atoms. The Labute approximate surface area is 143 Å². The van der Waals surface area contributed by atoms with Crippen LogP contribution in [0.3, 0.4) is 0 Å². The third-order valence-electron chi connectivity index (χ3n) is 4.98. The summed E-state index contributed by atoms with van der Waals surface area (Å²) in [7, 11) is 0. The van der Waals surface area contributed by atoms with E-state index in [9.17, 15) is 0 Å².